The van der Waals surface area contributed by atoms with E-state index < -0.39 is 23.8 Å². The Morgan fingerprint density at radius 1 is 2.00 bits per heavy atom. The van der Waals surface area contributed by atoms with Gasteiger partial charge >= 0.3 is 57.7 Å². The van der Waals surface area contributed by atoms with E-state index in [0.717, 1.165) is 0 Å². The Balaban J connectivity index is 3.00. The standard InChI is InChI=1S/C2H5NO2.ClH.Hg/c3-1-2(4)5;;/h1,3H2,(H,4,5);1H;/q;;+2/p-2. The van der Waals surface area contributed by atoms with E-state index in [2.05, 4.69) is 2.64 Å². The molecule has 0 radical (unpaired) electrons. The summed E-state index contributed by atoms with van der Waals surface area (Å²) in [5, 5.41) is 0. The molecule has 0 fully saturated rings. The molecule has 0 aliphatic rings. The Morgan fingerprint density at radius 2 is 2.57 bits per heavy atom. The topological polar surface area (TPSA) is 52.3 Å². The second-order valence-corrected chi connectivity index (χ2v) is 4.71. The van der Waals surface area contributed by atoms with E-state index in [1.54, 1.807) is 0 Å². The van der Waals surface area contributed by atoms with Crippen LogP contribution < -0.4 is 5.73 Å². The zero-order valence-electron chi connectivity index (χ0n) is 3.69. The van der Waals surface area contributed by atoms with Crippen LogP contribution in [-0.4, -0.2) is 12.5 Å². The van der Waals surface area contributed by atoms with Crippen molar-refractivity contribution < 1.29 is 31.2 Å². The fraction of sp³-hybridized carbons (Fsp3) is 0.500. The summed E-state index contributed by atoms with van der Waals surface area (Å²) in [4.78, 5) is 10.0. The van der Waals surface area contributed by atoms with E-state index in [1.807, 2.05) is 0 Å². The van der Waals surface area contributed by atoms with E-state index in [-0.39, 0.29) is 12.5 Å². The van der Waals surface area contributed by atoms with Crippen LogP contribution in [0.3, 0.4) is 0 Å². The molecule has 0 aromatic heterocycles. The van der Waals surface area contributed by atoms with Crippen LogP contribution in [0, 0.1) is 0 Å². The van der Waals surface area contributed by atoms with Gasteiger partial charge in [-0.1, -0.05) is 0 Å². The summed E-state index contributed by atoms with van der Waals surface area (Å²) in [6, 6.07) is 0. The van der Waals surface area contributed by atoms with Crippen LogP contribution in [0.4, 0.5) is 0 Å². The maximum atomic E-state index is 10.0. The van der Waals surface area contributed by atoms with Gasteiger partial charge in [0.15, 0.2) is 0 Å². The summed E-state index contributed by atoms with van der Waals surface area (Å²) >= 11 is -1.69. The minimum atomic E-state index is -1.69. The summed E-state index contributed by atoms with van der Waals surface area (Å²) in [6.07, 6.45) is 0. The molecule has 0 aliphatic carbocycles. The van der Waals surface area contributed by atoms with Crippen LogP contribution in [0.1, 0.15) is 0 Å². The van der Waals surface area contributed by atoms with Crippen molar-refractivity contribution in [3.05, 3.63) is 0 Å². The first-order chi connectivity index (χ1) is 3.31. The number of nitrogens with two attached hydrogens (primary N) is 1. The number of hydrogen-bond donors (Lipinski definition) is 1. The predicted octanol–water partition coefficient (Wildman–Crippen LogP) is -0.360. The first kappa shape index (κ1) is 7.66. The van der Waals surface area contributed by atoms with Gasteiger partial charge in [-0.3, -0.25) is 0 Å². The average Bonchev–Trinajstić information content (AvgIpc) is 1.68. The summed E-state index contributed by atoms with van der Waals surface area (Å²) in [7, 11) is 5.20. The molecular formula is C2H4ClHgNO2. The summed E-state index contributed by atoms with van der Waals surface area (Å²) in [5.41, 5.74) is 4.86. The Labute approximate surface area is 57.7 Å². The molecule has 38 valence electrons. The molecule has 0 spiro atoms. The number of carbonyl (C=O) groups is 1. The Bertz CT molecular complexity index is 68.7. The summed E-state index contributed by atoms with van der Waals surface area (Å²) in [5.74, 6) is -0.378. The summed E-state index contributed by atoms with van der Waals surface area (Å²) < 4.78 is 4.41. The second-order valence-electron chi connectivity index (χ2n) is 0.830. The first-order valence-corrected chi connectivity index (χ1v) is 10.7. The third-order valence-corrected chi connectivity index (χ3v) is 3.02. The molecule has 0 saturated heterocycles. The quantitative estimate of drug-likeness (QED) is 0.709. The van der Waals surface area contributed by atoms with Crippen LogP contribution in [0.5, 0.6) is 0 Å². The fourth-order valence-electron chi connectivity index (χ4n) is 0.120. The van der Waals surface area contributed by atoms with Gasteiger partial charge in [0.1, 0.15) is 0 Å². The molecule has 0 heterocycles. The van der Waals surface area contributed by atoms with Crippen LogP contribution >= 0.6 is 8.25 Å². The molecule has 0 atom stereocenters. The molecule has 0 unspecified atom stereocenters. The van der Waals surface area contributed by atoms with Crippen molar-refractivity contribution in [2.45, 2.75) is 0 Å². The molecule has 0 aromatic rings. The van der Waals surface area contributed by atoms with Gasteiger partial charge in [0.05, 0.1) is 0 Å². The number of carbonyl (C=O) groups excluding carboxylic acids is 1. The third kappa shape index (κ3) is 4.51. The van der Waals surface area contributed by atoms with Gasteiger partial charge in [0.25, 0.3) is 0 Å². The molecule has 0 aliphatic heterocycles. The summed E-state index contributed by atoms with van der Waals surface area (Å²) in [6.45, 7) is -0.0489. The van der Waals surface area contributed by atoms with Crippen molar-refractivity contribution in [2.75, 3.05) is 6.54 Å². The van der Waals surface area contributed by atoms with Crippen molar-refractivity contribution in [1.29, 1.82) is 0 Å². The minimum absolute atomic E-state index is 0.0489. The number of hydrogen-bond acceptors (Lipinski definition) is 3. The van der Waals surface area contributed by atoms with Crippen molar-refractivity contribution in [1.82, 2.24) is 0 Å². The van der Waals surface area contributed by atoms with Gasteiger partial charge in [0, 0.05) is 0 Å². The van der Waals surface area contributed by atoms with Gasteiger partial charge in [-0.25, -0.2) is 0 Å². The normalized spacial score (nSPS) is 7.14. The van der Waals surface area contributed by atoms with Crippen LogP contribution in [0.15, 0.2) is 0 Å². The molecule has 7 heavy (non-hydrogen) atoms. The zero-order valence-corrected chi connectivity index (χ0v) is 9.94. The molecule has 5 heteroatoms. The van der Waals surface area contributed by atoms with E-state index in [0.29, 0.717) is 0 Å². The zero-order chi connectivity index (χ0) is 5.70. The van der Waals surface area contributed by atoms with Crippen molar-refractivity contribution in [2.24, 2.45) is 5.73 Å². The van der Waals surface area contributed by atoms with Crippen LogP contribution in [-0.2, 0) is 31.2 Å². The molecule has 0 amide bonds. The van der Waals surface area contributed by atoms with E-state index in [9.17, 15) is 4.79 Å². The molecule has 0 bridgehead atoms. The molecule has 0 aromatic carbocycles. The Hall–Kier alpha value is 0.655. The van der Waals surface area contributed by atoms with Gasteiger partial charge in [0.2, 0.25) is 0 Å². The Morgan fingerprint density at radius 3 is 2.71 bits per heavy atom. The SMILES string of the molecule is NCC(=O)[O][Hg][Cl]. The van der Waals surface area contributed by atoms with Crippen molar-refractivity contribution in [3.8, 4) is 0 Å². The van der Waals surface area contributed by atoms with Gasteiger partial charge in [-0.2, -0.15) is 0 Å². The number of halogens is 1. The maximum absolute atomic E-state index is 10.0. The van der Waals surface area contributed by atoms with Crippen LogP contribution in [0.2, 0.25) is 0 Å². The van der Waals surface area contributed by atoms with Gasteiger partial charge in [-0.15, -0.1) is 0 Å². The number of rotatable bonds is 2. The van der Waals surface area contributed by atoms with Gasteiger partial charge < -0.3 is 0 Å². The fourth-order valence-corrected chi connectivity index (χ4v) is 2.12. The van der Waals surface area contributed by atoms with Crippen molar-refractivity contribution >= 4 is 14.2 Å². The molecular weight excluding hydrogens is 306 g/mol. The van der Waals surface area contributed by atoms with E-state index >= 15 is 0 Å². The predicted molar refractivity (Wildman–Crippen MR) is 21.0 cm³/mol. The van der Waals surface area contributed by atoms with Crippen LogP contribution in [0.25, 0.3) is 0 Å². The first-order valence-electron chi connectivity index (χ1n) is 1.73. The second kappa shape index (κ2) is 4.81. The third-order valence-electron chi connectivity index (χ3n) is 0.382. The molecule has 2 N–H and O–H groups in total. The molecule has 0 rings (SSSR count). The Kier molecular flexibility index (Phi) is 5.26. The van der Waals surface area contributed by atoms with Crippen molar-refractivity contribution in [3.63, 3.8) is 0 Å². The average molecular weight is 310 g/mol. The monoisotopic (exact) mass is 311 g/mol. The van der Waals surface area contributed by atoms with E-state index in [1.165, 1.54) is 0 Å². The van der Waals surface area contributed by atoms with Gasteiger partial charge in [-0.05, 0) is 0 Å². The molecule has 3 nitrogen and oxygen atoms in total. The molecule has 0 saturated carbocycles. The van der Waals surface area contributed by atoms with E-state index in [4.69, 9.17) is 14.0 Å².